The Morgan fingerprint density at radius 3 is 2.42 bits per heavy atom. The van der Waals surface area contributed by atoms with E-state index in [1.165, 1.54) is 7.11 Å². The number of aromatic nitrogens is 1. The van der Waals surface area contributed by atoms with E-state index >= 15 is 0 Å². The van der Waals surface area contributed by atoms with E-state index in [1.807, 2.05) is 36.4 Å². The Morgan fingerprint density at radius 2 is 1.61 bits per heavy atom. The van der Waals surface area contributed by atoms with E-state index in [0.29, 0.717) is 17.0 Å². The molecule has 0 unspecified atom stereocenters. The van der Waals surface area contributed by atoms with Crippen molar-refractivity contribution in [3.63, 3.8) is 0 Å². The average molecular weight is 411 g/mol. The van der Waals surface area contributed by atoms with E-state index in [1.54, 1.807) is 54.7 Å². The number of rotatable bonds is 6. The Hall–Kier alpha value is -4.32. The fourth-order valence-electron chi connectivity index (χ4n) is 3.25. The van der Waals surface area contributed by atoms with Crippen LogP contribution in [0.25, 0.3) is 17.0 Å². The number of anilines is 1. The maximum Gasteiger partial charge on any atom is 0.272 e. The smallest absolute Gasteiger partial charge is 0.272 e. The summed E-state index contributed by atoms with van der Waals surface area (Å²) in [6, 6.07) is 23.6. The number of hydrogen-bond acceptors (Lipinski definition) is 3. The van der Waals surface area contributed by atoms with Gasteiger partial charge >= 0.3 is 0 Å². The molecule has 0 atom stereocenters. The number of benzene rings is 3. The molecule has 2 amide bonds. The minimum Gasteiger partial charge on any atom is -0.495 e. The largest absolute Gasteiger partial charge is 0.495 e. The van der Waals surface area contributed by atoms with Gasteiger partial charge in [0.2, 0.25) is 0 Å². The predicted molar refractivity (Wildman–Crippen MR) is 122 cm³/mol. The van der Waals surface area contributed by atoms with Gasteiger partial charge in [0.05, 0.1) is 12.8 Å². The molecule has 0 spiro atoms. The van der Waals surface area contributed by atoms with Gasteiger partial charge in [0, 0.05) is 28.2 Å². The van der Waals surface area contributed by atoms with Crippen LogP contribution < -0.4 is 15.4 Å². The van der Waals surface area contributed by atoms with Gasteiger partial charge < -0.3 is 20.4 Å². The number of ether oxygens (including phenoxy) is 1. The molecule has 4 aromatic rings. The maximum absolute atomic E-state index is 13.2. The van der Waals surface area contributed by atoms with Gasteiger partial charge in [0.25, 0.3) is 11.8 Å². The number of nitrogens with one attached hydrogen (secondary N) is 3. The summed E-state index contributed by atoms with van der Waals surface area (Å²) < 4.78 is 5.31. The van der Waals surface area contributed by atoms with Crippen molar-refractivity contribution in [1.29, 1.82) is 0 Å². The fourth-order valence-corrected chi connectivity index (χ4v) is 3.25. The lowest BCUT2D eigenvalue weighted by Crippen LogP contribution is -2.30. The number of H-pyrrole nitrogens is 1. The minimum absolute atomic E-state index is 0.115. The van der Waals surface area contributed by atoms with E-state index in [0.717, 1.165) is 16.5 Å². The van der Waals surface area contributed by atoms with Crippen LogP contribution in [-0.2, 0) is 4.79 Å². The van der Waals surface area contributed by atoms with Gasteiger partial charge in [-0.05, 0) is 36.4 Å². The van der Waals surface area contributed by atoms with E-state index in [4.69, 9.17) is 4.74 Å². The highest BCUT2D eigenvalue weighted by Crippen LogP contribution is 2.24. The molecule has 0 saturated carbocycles. The number of aromatic amines is 1. The normalized spacial score (nSPS) is 11.2. The second-order valence-corrected chi connectivity index (χ2v) is 6.82. The van der Waals surface area contributed by atoms with Crippen LogP contribution in [0.3, 0.4) is 0 Å². The van der Waals surface area contributed by atoms with Crippen LogP contribution in [0.1, 0.15) is 15.9 Å². The number of amides is 2. The maximum atomic E-state index is 13.2. The van der Waals surface area contributed by atoms with Crippen LogP contribution in [-0.4, -0.2) is 23.9 Å². The predicted octanol–water partition coefficient (Wildman–Crippen LogP) is 4.59. The van der Waals surface area contributed by atoms with Gasteiger partial charge in [-0.2, -0.15) is 0 Å². The molecular weight excluding hydrogens is 390 g/mol. The number of carbonyl (C=O) groups excluding carboxylic acids is 2. The van der Waals surface area contributed by atoms with E-state index in [9.17, 15) is 9.59 Å². The van der Waals surface area contributed by atoms with Crippen LogP contribution in [0.2, 0.25) is 0 Å². The standard InChI is InChI=1S/C25H21N3O3/c1-31-23-14-8-7-13-21(23)27-25(30)22(28-24(29)17-9-3-2-4-10-17)15-18-16-26-20-12-6-5-11-19(18)20/h2-16,26H,1H3,(H,27,30)(H,28,29). The molecule has 4 rings (SSSR count). The Bertz CT molecular complexity index is 1260. The fraction of sp³-hybridized carbons (Fsp3) is 0.0400. The molecule has 1 heterocycles. The Labute approximate surface area is 179 Å². The number of para-hydroxylation sites is 3. The molecule has 0 radical (unpaired) electrons. The van der Waals surface area contributed by atoms with Gasteiger partial charge in [-0.15, -0.1) is 0 Å². The number of methoxy groups -OCH3 is 1. The highest BCUT2D eigenvalue weighted by molar-refractivity contribution is 6.12. The summed E-state index contributed by atoms with van der Waals surface area (Å²) in [6.07, 6.45) is 3.46. The number of hydrogen-bond donors (Lipinski definition) is 3. The van der Waals surface area contributed by atoms with Crippen molar-refractivity contribution in [2.45, 2.75) is 0 Å². The van der Waals surface area contributed by atoms with E-state index in [2.05, 4.69) is 15.6 Å². The lowest BCUT2D eigenvalue weighted by atomic mass is 10.1. The topological polar surface area (TPSA) is 83.2 Å². The summed E-state index contributed by atoms with van der Waals surface area (Å²) >= 11 is 0. The molecule has 0 fully saturated rings. The first-order valence-electron chi connectivity index (χ1n) is 9.74. The van der Waals surface area contributed by atoms with Crippen LogP contribution in [0.15, 0.2) is 90.8 Å². The molecule has 0 bridgehead atoms. The van der Waals surface area contributed by atoms with Gasteiger partial charge in [-0.25, -0.2) is 0 Å². The quantitative estimate of drug-likeness (QED) is 0.406. The molecular formula is C25H21N3O3. The Balaban J connectivity index is 1.69. The molecule has 0 saturated heterocycles. The van der Waals surface area contributed by atoms with Crippen molar-refractivity contribution in [1.82, 2.24) is 10.3 Å². The van der Waals surface area contributed by atoms with Crippen molar-refractivity contribution in [2.75, 3.05) is 12.4 Å². The van der Waals surface area contributed by atoms with Gasteiger partial charge in [-0.3, -0.25) is 9.59 Å². The highest BCUT2D eigenvalue weighted by Gasteiger charge is 2.17. The van der Waals surface area contributed by atoms with Gasteiger partial charge in [0.15, 0.2) is 0 Å². The second kappa shape index (κ2) is 9.00. The first kappa shape index (κ1) is 20.0. The minimum atomic E-state index is -0.459. The molecule has 154 valence electrons. The SMILES string of the molecule is COc1ccccc1NC(=O)C(=Cc1c[nH]c2ccccc12)NC(=O)c1ccccc1. The summed E-state index contributed by atoms with van der Waals surface area (Å²) in [5, 5.41) is 6.51. The van der Waals surface area contributed by atoms with Crippen molar-refractivity contribution in [2.24, 2.45) is 0 Å². The van der Waals surface area contributed by atoms with Crippen molar-refractivity contribution in [3.8, 4) is 5.75 Å². The number of carbonyl (C=O) groups is 2. The van der Waals surface area contributed by atoms with Crippen LogP contribution in [0, 0.1) is 0 Å². The monoisotopic (exact) mass is 411 g/mol. The first-order valence-corrected chi connectivity index (χ1v) is 9.74. The molecule has 3 aromatic carbocycles. The molecule has 0 aliphatic carbocycles. The third kappa shape index (κ3) is 4.48. The lowest BCUT2D eigenvalue weighted by Gasteiger charge is -2.13. The van der Waals surface area contributed by atoms with E-state index in [-0.39, 0.29) is 11.6 Å². The second-order valence-electron chi connectivity index (χ2n) is 6.82. The summed E-state index contributed by atoms with van der Waals surface area (Å²) in [4.78, 5) is 29.1. The average Bonchev–Trinajstić information content (AvgIpc) is 3.22. The summed E-state index contributed by atoms with van der Waals surface area (Å²) in [5.41, 5.74) is 2.80. The first-order chi connectivity index (χ1) is 15.2. The van der Waals surface area contributed by atoms with Crippen molar-refractivity contribution >= 4 is 34.5 Å². The summed E-state index contributed by atoms with van der Waals surface area (Å²) in [7, 11) is 1.53. The third-order valence-corrected chi connectivity index (χ3v) is 4.81. The molecule has 31 heavy (non-hydrogen) atoms. The zero-order valence-corrected chi connectivity index (χ0v) is 16.9. The molecule has 6 heteroatoms. The Morgan fingerprint density at radius 1 is 0.903 bits per heavy atom. The molecule has 1 aromatic heterocycles. The molecule has 0 aliphatic rings. The van der Waals surface area contributed by atoms with Gasteiger partial charge in [0.1, 0.15) is 11.4 Å². The summed E-state index contributed by atoms with van der Waals surface area (Å²) in [6.45, 7) is 0. The van der Waals surface area contributed by atoms with E-state index < -0.39 is 5.91 Å². The Kier molecular flexibility index (Phi) is 5.80. The zero-order chi connectivity index (χ0) is 21.6. The van der Waals surface area contributed by atoms with Crippen LogP contribution in [0.5, 0.6) is 5.75 Å². The highest BCUT2D eigenvalue weighted by atomic mass is 16.5. The number of fused-ring (bicyclic) bond motifs is 1. The molecule has 3 N–H and O–H groups in total. The van der Waals surface area contributed by atoms with Crippen LogP contribution >= 0.6 is 0 Å². The summed E-state index contributed by atoms with van der Waals surface area (Å²) in [5.74, 6) is -0.308. The third-order valence-electron chi connectivity index (χ3n) is 4.81. The van der Waals surface area contributed by atoms with Crippen molar-refractivity contribution in [3.05, 3.63) is 102 Å². The zero-order valence-electron chi connectivity index (χ0n) is 16.9. The molecule has 6 nitrogen and oxygen atoms in total. The van der Waals surface area contributed by atoms with Gasteiger partial charge in [-0.1, -0.05) is 48.5 Å². The lowest BCUT2D eigenvalue weighted by molar-refractivity contribution is -0.113. The van der Waals surface area contributed by atoms with Crippen LogP contribution in [0.4, 0.5) is 5.69 Å². The van der Waals surface area contributed by atoms with Crippen molar-refractivity contribution < 1.29 is 14.3 Å². The molecule has 0 aliphatic heterocycles.